The Balaban J connectivity index is 2.72. The Morgan fingerprint density at radius 3 is 2.42 bits per heavy atom. The molecule has 0 bridgehead atoms. The summed E-state index contributed by atoms with van der Waals surface area (Å²) in [5.74, 6) is -0.601. The molecule has 0 saturated carbocycles. The van der Waals surface area contributed by atoms with Gasteiger partial charge in [0, 0.05) is 13.0 Å². The van der Waals surface area contributed by atoms with Gasteiger partial charge >= 0.3 is 16.4 Å². The molecule has 8 heteroatoms. The third kappa shape index (κ3) is 1.47. The number of carbonyl (C=O) groups is 2. The van der Waals surface area contributed by atoms with Crippen LogP contribution < -0.4 is 5.73 Å². The lowest BCUT2D eigenvalue weighted by molar-refractivity contribution is -0.133. The number of amides is 2. The Labute approximate surface area is 68.3 Å². The number of β-lactam (4-membered cyclic amide) rings is 1. The largest absolute Gasteiger partial charge is 0.421 e. The van der Waals surface area contributed by atoms with Crippen molar-refractivity contribution in [2.75, 3.05) is 6.54 Å². The molecule has 1 saturated heterocycles. The van der Waals surface area contributed by atoms with Crippen LogP contribution in [0.15, 0.2) is 0 Å². The van der Waals surface area contributed by atoms with Crippen molar-refractivity contribution in [2.24, 2.45) is 5.73 Å². The molecule has 1 heterocycles. The summed E-state index contributed by atoms with van der Waals surface area (Å²) in [4.78, 5) is 20.6. The van der Waals surface area contributed by atoms with Crippen molar-refractivity contribution in [3.63, 3.8) is 0 Å². The Bertz CT molecular complexity index is 320. The third-order valence-corrected chi connectivity index (χ3v) is 2.57. The second-order valence-corrected chi connectivity index (χ2v) is 3.54. The normalized spacial score (nSPS) is 17.0. The zero-order valence-electron chi connectivity index (χ0n) is 5.89. The van der Waals surface area contributed by atoms with Crippen LogP contribution in [-0.2, 0) is 19.3 Å². The molecule has 0 aromatic carbocycles. The molecule has 0 spiro atoms. The molecule has 0 aromatic heterocycles. The monoisotopic (exact) mass is 194 g/mol. The van der Waals surface area contributed by atoms with E-state index in [-0.39, 0.29) is 13.0 Å². The van der Waals surface area contributed by atoms with Crippen LogP contribution >= 0.6 is 0 Å². The van der Waals surface area contributed by atoms with Gasteiger partial charge in [-0.05, 0) is 0 Å². The smallest absolute Gasteiger partial charge is 0.334 e. The highest BCUT2D eigenvalue weighted by atomic mass is 32.2. The van der Waals surface area contributed by atoms with Crippen molar-refractivity contribution in [2.45, 2.75) is 6.42 Å². The highest BCUT2D eigenvalue weighted by Crippen LogP contribution is 2.15. The molecule has 68 valence electrons. The first-order valence-electron chi connectivity index (χ1n) is 2.98. The van der Waals surface area contributed by atoms with Crippen LogP contribution in [-0.4, -0.2) is 31.3 Å². The van der Waals surface area contributed by atoms with Gasteiger partial charge in [-0.2, -0.15) is 8.42 Å². The third-order valence-electron chi connectivity index (χ3n) is 1.26. The lowest BCUT2D eigenvalue weighted by atomic mass is 10.3. The molecule has 0 aromatic rings. The van der Waals surface area contributed by atoms with Gasteiger partial charge in [0.25, 0.3) is 0 Å². The SMILES string of the molecule is NC(=O)OS(=O)(=O)N1CCC1=O. The highest BCUT2D eigenvalue weighted by molar-refractivity contribution is 7.85. The highest BCUT2D eigenvalue weighted by Gasteiger charge is 2.37. The summed E-state index contributed by atoms with van der Waals surface area (Å²) in [6.07, 6.45) is -1.31. The van der Waals surface area contributed by atoms with E-state index in [0.29, 0.717) is 4.31 Å². The van der Waals surface area contributed by atoms with E-state index in [1.807, 2.05) is 0 Å². The van der Waals surface area contributed by atoms with E-state index in [1.165, 1.54) is 0 Å². The predicted octanol–water partition coefficient (Wildman–Crippen LogP) is -1.44. The lowest BCUT2D eigenvalue weighted by Gasteiger charge is -2.27. The minimum atomic E-state index is -4.26. The van der Waals surface area contributed by atoms with Crippen molar-refractivity contribution >= 4 is 22.3 Å². The number of primary amides is 1. The van der Waals surface area contributed by atoms with Gasteiger partial charge in [0.15, 0.2) is 0 Å². The van der Waals surface area contributed by atoms with Crippen LogP contribution in [0.2, 0.25) is 0 Å². The maximum Gasteiger partial charge on any atom is 0.421 e. The van der Waals surface area contributed by atoms with E-state index < -0.39 is 22.3 Å². The molecule has 1 rings (SSSR count). The van der Waals surface area contributed by atoms with E-state index in [1.54, 1.807) is 0 Å². The van der Waals surface area contributed by atoms with Crippen molar-refractivity contribution < 1.29 is 22.2 Å². The molecule has 12 heavy (non-hydrogen) atoms. The molecule has 0 radical (unpaired) electrons. The van der Waals surface area contributed by atoms with Gasteiger partial charge in [0.05, 0.1) is 0 Å². The zero-order chi connectivity index (χ0) is 9.35. The summed E-state index contributed by atoms with van der Waals surface area (Å²) in [6, 6.07) is 0. The number of nitrogens with two attached hydrogens (primary N) is 1. The van der Waals surface area contributed by atoms with E-state index in [9.17, 15) is 18.0 Å². The number of hydrogen-bond acceptors (Lipinski definition) is 5. The molecule has 1 aliphatic rings. The van der Waals surface area contributed by atoms with Gasteiger partial charge in [-0.1, -0.05) is 0 Å². The van der Waals surface area contributed by atoms with Gasteiger partial charge in [-0.15, -0.1) is 0 Å². The Kier molecular flexibility index (Phi) is 1.92. The topological polar surface area (TPSA) is 107 Å². The van der Waals surface area contributed by atoms with Gasteiger partial charge in [-0.25, -0.2) is 9.10 Å². The first-order valence-corrected chi connectivity index (χ1v) is 4.34. The van der Waals surface area contributed by atoms with Crippen LogP contribution in [0.25, 0.3) is 0 Å². The minimum absolute atomic E-state index is 0.0362. The lowest BCUT2D eigenvalue weighted by Crippen LogP contribution is -2.48. The van der Waals surface area contributed by atoms with Gasteiger partial charge < -0.3 is 9.92 Å². The average Bonchev–Trinajstić information content (AvgIpc) is 1.79. The second-order valence-electron chi connectivity index (χ2n) is 2.08. The van der Waals surface area contributed by atoms with Crippen molar-refractivity contribution in [1.82, 2.24) is 4.31 Å². The maximum absolute atomic E-state index is 10.8. The van der Waals surface area contributed by atoms with Crippen molar-refractivity contribution in [3.05, 3.63) is 0 Å². The van der Waals surface area contributed by atoms with Crippen molar-refractivity contribution in [3.8, 4) is 0 Å². The number of rotatable bonds is 2. The number of hydrogen-bond donors (Lipinski definition) is 1. The molecule has 1 aliphatic heterocycles. The summed E-state index contributed by atoms with van der Waals surface area (Å²) < 4.78 is 25.8. The zero-order valence-corrected chi connectivity index (χ0v) is 6.70. The first-order chi connectivity index (χ1) is 5.43. The fourth-order valence-corrected chi connectivity index (χ4v) is 1.63. The molecule has 1 fully saturated rings. The summed E-state index contributed by atoms with van der Waals surface area (Å²) in [5.41, 5.74) is 4.46. The van der Waals surface area contributed by atoms with Crippen LogP contribution in [0.1, 0.15) is 6.42 Å². The molecule has 0 atom stereocenters. The predicted molar refractivity (Wildman–Crippen MR) is 35.9 cm³/mol. The Morgan fingerprint density at radius 2 is 2.17 bits per heavy atom. The Morgan fingerprint density at radius 1 is 1.58 bits per heavy atom. The van der Waals surface area contributed by atoms with Crippen LogP contribution in [0.3, 0.4) is 0 Å². The van der Waals surface area contributed by atoms with E-state index >= 15 is 0 Å². The molecule has 0 aliphatic carbocycles. The maximum atomic E-state index is 10.8. The molecule has 2 N–H and O–H groups in total. The molecule has 0 unspecified atom stereocenters. The van der Waals surface area contributed by atoms with Crippen LogP contribution in [0.5, 0.6) is 0 Å². The molecular weight excluding hydrogens is 188 g/mol. The van der Waals surface area contributed by atoms with E-state index in [4.69, 9.17) is 0 Å². The van der Waals surface area contributed by atoms with Crippen LogP contribution in [0, 0.1) is 0 Å². The van der Waals surface area contributed by atoms with Gasteiger partial charge in [0.1, 0.15) is 0 Å². The average molecular weight is 194 g/mol. The fourth-order valence-electron chi connectivity index (χ4n) is 0.680. The van der Waals surface area contributed by atoms with Gasteiger partial charge in [0.2, 0.25) is 5.91 Å². The molecule has 7 nitrogen and oxygen atoms in total. The van der Waals surface area contributed by atoms with E-state index in [0.717, 1.165) is 0 Å². The quantitative estimate of drug-likeness (QED) is 0.541. The second kappa shape index (κ2) is 2.63. The Hall–Kier alpha value is -1.31. The van der Waals surface area contributed by atoms with Crippen molar-refractivity contribution in [1.29, 1.82) is 0 Å². The standard InChI is InChI=1S/C4H6N2O5S/c5-4(8)11-12(9,10)6-2-1-3(6)7/h1-2H2,(H2,5,8). The van der Waals surface area contributed by atoms with Gasteiger partial charge in [-0.3, -0.25) is 4.79 Å². The summed E-state index contributed by atoms with van der Waals surface area (Å²) in [5, 5.41) is 0. The molecule has 2 amide bonds. The minimum Gasteiger partial charge on any atom is -0.334 e. The number of carbonyl (C=O) groups excluding carboxylic acids is 2. The number of nitrogens with zero attached hydrogens (tertiary/aromatic N) is 1. The molecular formula is C4H6N2O5S. The van der Waals surface area contributed by atoms with Crippen LogP contribution in [0.4, 0.5) is 4.79 Å². The summed E-state index contributed by atoms with van der Waals surface area (Å²) in [7, 11) is -4.26. The fraction of sp³-hybridized carbons (Fsp3) is 0.500. The van der Waals surface area contributed by atoms with E-state index in [2.05, 4.69) is 9.92 Å². The summed E-state index contributed by atoms with van der Waals surface area (Å²) >= 11 is 0. The first kappa shape index (κ1) is 8.78. The summed E-state index contributed by atoms with van der Waals surface area (Å²) in [6.45, 7) is 0.0362.